The van der Waals surface area contributed by atoms with E-state index >= 15 is 0 Å². The SMILES string of the molecule is COC1(OC(C)=O)C=C(C(C)=O)C=CC1=O. The molecule has 0 aromatic carbocycles. The lowest BCUT2D eigenvalue weighted by molar-refractivity contribution is -0.199. The molecule has 0 aromatic rings. The molecule has 1 aliphatic carbocycles. The van der Waals surface area contributed by atoms with Gasteiger partial charge in [-0.25, -0.2) is 0 Å². The quantitative estimate of drug-likeness (QED) is 0.517. The Hall–Kier alpha value is -1.75. The van der Waals surface area contributed by atoms with Crippen molar-refractivity contribution in [1.29, 1.82) is 0 Å². The number of esters is 1. The monoisotopic (exact) mass is 224 g/mol. The largest absolute Gasteiger partial charge is 0.421 e. The Morgan fingerprint density at radius 3 is 2.31 bits per heavy atom. The molecule has 0 fully saturated rings. The maximum Gasteiger partial charge on any atom is 0.305 e. The topological polar surface area (TPSA) is 69.7 Å². The first-order chi connectivity index (χ1) is 7.41. The molecule has 0 spiro atoms. The highest BCUT2D eigenvalue weighted by Gasteiger charge is 2.41. The van der Waals surface area contributed by atoms with Crippen LogP contribution in [0.3, 0.4) is 0 Å². The smallest absolute Gasteiger partial charge is 0.305 e. The summed E-state index contributed by atoms with van der Waals surface area (Å²) in [5, 5.41) is 0. The molecule has 5 heteroatoms. The van der Waals surface area contributed by atoms with E-state index in [-0.39, 0.29) is 11.4 Å². The van der Waals surface area contributed by atoms with Gasteiger partial charge in [0.05, 0.1) is 0 Å². The second-order valence-corrected chi connectivity index (χ2v) is 3.32. The minimum Gasteiger partial charge on any atom is -0.421 e. The third-order valence-corrected chi connectivity index (χ3v) is 2.11. The van der Waals surface area contributed by atoms with Crippen LogP contribution in [0, 0.1) is 0 Å². The van der Waals surface area contributed by atoms with E-state index in [0.717, 1.165) is 13.0 Å². The zero-order valence-corrected chi connectivity index (χ0v) is 9.27. The van der Waals surface area contributed by atoms with Crippen molar-refractivity contribution in [3.05, 3.63) is 23.8 Å². The van der Waals surface area contributed by atoms with Crippen molar-refractivity contribution >= 4 is 17.5 Å². The Morgan fingerprint density at radius 1 is 1.25 bits per heavy atom. The summed E-state index contributed by atoms with van der Waals surface area (Å²) in [7, 11) is 1.23. The zero-order valence-electron chi connectivity index (χ0n) is 9.27. The van der Waals surface area contributed by atoms with Crippen molar-refractivity contribution < 1.29 is 23.9 Å². The third-order valence-electron chi connectivity index (χ3n) is 2.11. The normalized spacial score (nSPS) is 23.9. The summed E-state index contributed by atoms with van der Waals surface area (Å²) in [5.74, 6) is -3.24. The Labute approximate surface area is 92.7 Å². The highest BCUT2D eigenvalue weighted by molar-refractivity contribution is 6.06. The molecule has 0 aliphatic heterocycles. The number of hydrogen-bond acceptors (Lipinski definition) is 5. The molecular formula is C11H12O5. The van der Waals surface area contributed by atoms with Crippen molar-refractivity contribution in [1.82, 2.24) is 0 Å². The summed E-state index contributed by atoms with van der Waals surface area (Å²) in [5.41, 5.74) is 0.266. The molecule has 16 heavy (non-hydrogen) atoms. The van der Waals surface area contributed by atoms with Gasteiger partial charge in [-0.05, 0) is 19.1 Å². The van der Waals surface area contributed by atoms with Gasteiger partial charge in [0.1, 0.15) is 0 Å². The van der Waals surface area contributed by atoms with Crippen molar-refractivity contribution in [3.8, 4) is 0 Å². The first kappa shape index (κ1) is 12.3. The van der Waals surface area contributed by atoms with Crippen LogP contribution in [0.4, 0.5) is 0 Å². The van der Waals surface area contributed by atoms with Gasteiger partial charge in [0, 0.05) is 25.7 Å². The van der Waals surface area contributed by atoms with E-state index in [1.165, 1.54) is 26.2 Å². The van der Waals surface area contributed by atoms with Gasteiger partial charge in [-0.1, -0.05) is 0 Å². The van der Waals surface area contributed by atoms with Crippen molar-refractivity contribution in [2.45, 2.75) is 19.6 Å². The van der Waals surface area contributed by atoms with Gasteiger partial charge < -0.3 is 9.47 Å². The second kappa shape index (κ2) is 4.40. The number of carbonyl (C=O) groups excluding carboxylic acids is 3. The molecule has 0 saturated carbocycles. The highest BCUT2D eigenvalue weighted by atomic mass is 16.7. The highest BCUT2D eigenvalue weighted by Crippen LogP contribution is 2.24. The van der Waals surface area contributed by atoms with E-state index in [2.05, 4.69) is 0 Å². The summed E-state index contributed by atoms with van der Waals surface area (Å²) in [4.78, 5) is 33.7. The number of hydrogen-bond donors (Lipinski definition) is 0. The Bertz CT molecular complexity index is 405. The molecule has 0 aromatic heterocycles. The summed E-state index contributed by atoms with van der Waals surface area (Å²) in [6, 6.07) is 0. The number of methoxy groups -OCH3 is 1. The first-order valence-corrected chi connectivity index (χ1v) is 4.62. The van der Waals surface area contributed by atoms with Crippen LogP contribution < -0.4 is 0 Å². The molecule has 1 unspecified atom stereocenters. The van der Waals surface area contributed by atoms with Gasteiger partial charge in [-0.15, -0.1) is 0 Å². The molecule has 0 N–H and O–H groups in total. The fourth-order valence-electron chi connectivity index (χ4n) is 1.32. The van der Waals surface area contributed by atoms with Crippen molar-refractivity contribution in [3.63, 3.8) is 0 Å². The summed E-state index contributed by atoms with van der Waals surface area (Å²) in [6.45, 7) is 2.51. The summed E-state index contributed by atoms with van der Waals surface area (Å²) >= 11 is 0. The van der Waals surface area contributed by atoms with Crippen molar-refractivity contribution in [2.75, 3.05) is 7.11 Å². The van der Waals surface area contributed by atoms with Crippen LogP contribution in [0.5, 0.6) is 0 Å². The molecular weight excluding hydrogens is 212 g/mol. The van der Waals surface area contributed by atoms with E-state index in [4.69, 9.17) is 9.47 Å². The van der Waals surface area contributed by atoms with Crippen molar-refractivity contribution in [2.24, 2.45) is 0 Å². The molecule has 0 amide bonds. The van der Waals surface area contributed by atoms with Crippen LogP contribution in [-0.2, 0) is 23.9 Å². The number of rotatable bonds is 3. The Balaban J connectivity index is 3.16. The molecule has 86 valence electrons. The van der Waals surface area contributed by atoms with Gasteiger partial charge in [0.2, 0.25) is 5.78 Å². The average molecular weight is 224 g/mol. The third kappa shape index (κ3) is 2.25. The molecule has 1 aliphatic rings. The molecule has 0 radical (unpaired) electrons. The number of ketones is 2. The van der Waals surface area contributed by atoms with Crippen LogP contribution in [0.1, 0.15) is 13.8 Å². The van der Waals surface area contributed by atoms with Crippen LogP contribution >= 0.6 is 0 Å². The van der Waals surface area contributed by atoms with Crippen LogP contribution in [0.2, 0.25) is 0 Å². The lowest BCUT2D eigenvalue weighted by Crippen LogP contribution is -2.44. The van der Waals surface area contributed by atoms with E-state index < -0.39 is 17.5 Å². The number of carbonyl (C=O) groups is 3. The van der Waals surface area contributed by atoms with Gasteiger partial charge in [0.15, 0.2) is 5.78 Å². The van der Waals surface area contributed by atoms with E-state index in [9.17, 15) is 14.4 Å². The fourth-order valence-corrected chi connectivity index (χ4v) is 1.32. The van der Waals surface area contributed by atoms with E-state index in [1.807, 2.05) is 0 Å². The lowest BCUT2D eigenvalue weighted by atomic mass is 9.98. The minimum atomic E-state index is -1.80. The second-order valence-electron chi connectivity index (χ2n) is 3.32. The summed E-state index contributed by atoms with van der Waals surface area (Å²) < 4.78 is 9.74. The molecule has 0 bridgehead atoms. The number of allylic oxidation sites excluding steroid dienone is 2. The fraction of sp³-hybridized carbons (Fsp3) is 0.364. The number of Topliss-reactive ketones (excluding diaryl/α,β-unsaturated/α-hetero) is 1. The molecule has 5 nitrogen and oxygen atoms in total. The predicted molar refractivity (Wildman–Crippen MR) is 54.4 cm³/mol. The maximum atomic E-state index is 11.6. The molecule has 1 atom stereocenters. The minimum absolute atomic E-state index is 0.239. The standard InChI is InChI=1S/C11H12O5/c1-7(12)9-4-5-10(14)11(6-9,15-3)16-8(2)13/h4-6H,1-3H3. The van der Waals surface area contributed by atoms with Gasteiger partial charge in [0.25, 0.3) is 5.79 Å². The molecule has 0 saturated heterocycles. The van der Waals surface area contributed by atoms with Crippen LogP contribution in [0.25, 0.3) is 0 Å². The first-order valence-electron chi connectivity index (χ1n) is 4.62. The van der Waals surface area contributed by atoms with Gasteiger partial charge in [-0.3, -0.25) is 14.4 Å². The molecule has 0 heterocycles. The van der Waals surface area contributed by atoms with Gasteiger partial charge >= 0.3 is 5.97 Å². The lowest BCUT2D eigenvalue weighted by Gasteiger charge is -2.28. The molecule has 1 rings (SSSR count). The predicted octanol–water partition coefficient (Wildman–Crippen LogP) is 0.546. The Kier molecular flexibility index (Phi) is 3.39. The Morgan fingerprint density at radius 2 is 1.88 bits per heavy atom. The van der Waals surface area contributed by atoms with Crippen LogP contribution in [-0.4, -0.2) is 30.4 Å². The summed E-state index contributed by atoms with van der Waals surface area (Å²) in [6.07, 6.45) is 3.73. The maximum absolute atomic E-state index is 11.6. The van der Waals surface area contributed by atoms with Gasteiger partial charge in [-0.2, -0.15) is 0 Å². The van der Waals surface area contributed by atoms with E-state index in [1.54, 1.807) is 0 Å². The van der Waals surface area contributed by atoms with E-state index in [0.29, 0.717) is 0 Å². The average Bonchev–Trinajstić information content (AvgIpc) is 2.20. The number of ether oxygens (including phenoxy) is 2. The van der Waals surface area contributed by atoms with Crippen LogP contribution in [0.15, 0.2) is 23.8 Å². The zero-order chi connectivity index (χ0) is 12.3.